The van der Waals surface area contributed by atoms with E-state index in [1.54, 1.807) is 4.90 Å². The molecule has 2 aliphatic rings. The van der Waals surface area contributed by atoms with Crippen molar-refractivity contribution in [3.8, 4) is 11.8 Å². The quantitative estimate of drug-likeness (QED) is 0.328. The Morgan fingerprint density at radius 1 is 1.31 bits per heavy atom. The van der Waals surface area contributed by atoms with E-state index < -0.39 is 11.6 Å². The number of amides is 1. The Balaban J connectivity index is 1.52. The van der Waals surface area contributed by atoms with E-state index in [4.69, 9.17) is 5.73 Å². The van der Waals surface area contributed by atoms with Gasteiger partial charge in [-0.2, -0.15) is 0 Å². The predicted molar refractivity (Wildman–Crippen MR) is 134 cm³/mol. The van der Waals surface area contributed by atoms with Crippen molar-refractivity contribution in [1.82, 2.24) is 24.4 Å². The van der Waals surface area contributed by atoms with E-state index in [0.29, 0.717) is 39.5 Å². The van der Waals surface area contributed by atoms with Crippen LogP contribution in [0.15, 0.2) is 25.0 Å². The number of nitrogen functional groups attached to an aromatic ring is 1. The lowest BCUT2D eigenvalue weighted by Crippen LogP contribution is -2.45. The number of carbonyl (C=O) groups is 1. The molecule has 7 nitrogen and oxygen atoms in total. The molecule has 0 saturated heterocycles. The van der Waals surface area contributed by atoms with Crippen LogP contribution in [0, 0.1) is 23.5 Å². The average molecular weight is 505 g/mol. The molecule has 10 heteroatoms. The molecule has 2 N–H and O–H groups in total. The fourth-order valence-electron chi connectivity index (χ4n) is 4.82. The molecule has 4 heterocycles. The molecular formula is C26H22F2N6OS. The molecule has 36 heavy (non-hydrogen) atoms. The van der Waals surface area contributed by atoms with E-state index in [1.165, 1.54) is 29.8 Å². The minimum atomic E-state index is -0.767. The van der Waals surface area contributed by atoms with Crippen LogP contribution in [0.1, 0.15) is 53.9 Å². The third-order valence-electron chi connectivity index (χ3n) is 6.89. The number of halogens is 2. The van der Waals surface area contributed by atoms with Crippen molar-refractivity contribution in [2.24, 2.45) is 0 Å². The van der Waals surface area contributed by atoms with E-state index in [-0.39, 0.29) is 35.4 Å². The summed E-state index contributed by atoms with van der Waals surface area (Å²) in [6.07, 6.45) is 5.43. The summed E-state index contributed by atoms with van der Waals surface area (Å²) in [5.74, 6) is 4.50. The monoisotopic (exact) mass is 504 g/mol. The molecule has 1 aliphatic carbocycles. The average Bonchev–Trinajstić information content (AvgIpc) is 3.57. The van der Waals surface area contributed by atoms with Crippen molar-refractivity contribution in [1.29, 1.82) is 0 Å². The Hall–Kier alpha value is -3.84. The van der Waals surface area contributed by atoms with Gasteiger partial charge in [-0.15, -0.1) is 11.3 Å². The molecule has 1 amide bonds. The second kappa shape index (κ2) is 8.38. The summed E-state index contributed by atoms with van der Waals surface area (Å²) in [5.41, 5.74) is 7.73. The number of aromatic nitrogens is 4. The standard InChI is InChI=1S/C26H22F2N6OS/c1-3-14-10-34-18(11-33(14)20(35)4-2)16(21-24(29)30-12-31-25(21)34)8-7-15-17(27)9-19-23(22(15)28)32-26(36-19)13-5-6-13/h4,9,12-14H,2-3,5-6,10-11H2,1H3,(H2,29,30,31). The van der Waals surface area contributed by atoms with Gasteiger partial charge in [-0.25, -0.2) is 23.7 Å². The highest BCUT2D eigenvalue weighted by atomic mass is 32.1. The van der Waals surface area contributed by atoms with Crippen molar-refractivity contribution >= 4 is 44.3 Å². The summed E-state index contributed by atoms with van der Waals surface area (Å²) in [4.78, 5) is 27.3. The normalized spacial score (nSPS) is 17.2. The van der Waals surface area contributed by atoms with Crippen molar-refractivity contribution < 1.29 is 13.6 Å². The summed E-state index contributed by atoms with van der Waals surface area (Å²) >= 11 is 1.33. The van der Waals surface area contributed by atoms with Gasteiger partial charge in [0.1, 0.15) is 29.1 Å². The van der Waals surface area contributed by atoms with Gasteiger partial charge < -0.3 is 15.2 Å². The highest BCUT2D eigenvalue weighted by molar-refractivity contribution is 7.18. The van der Waals surface area contributed by atoms with Gasteiger partial charge in [-0.1, -0.05) is 25.3 Å². The fourth-order valence-corrected chi connectivity index (χ4v) is 5.98. The molecule has 182 valence electrons. The van der Waals surface area contributed by atoms with Crippen molar-refractivity contribution in [2.45, 2.75) is 51.2 Å². The number of thiazole rings is 1. The molecule has 1 saturated carbocycles. The lowest BCUT2D eigenvalue weighted by Gasteiger charge is -2.36. The molecule has 1 aliphatic heterocycles. The maximum Gasteiger partial charge on any atom is 0.246 e. The van der Waals surface area contributed by atoms with Gasteiger partial charge in [-0.05, 0) is 31.4 Å². The highest BCUT2D eigenvalue weighted by Crippen LogP contribution is 2.44. The Morgan fingerprint density at radius 3 is 2.81 bits per heavy atom. The van der Waals surface area contributed by atoms with Crippen LogP contribution in [0.3, 0.4) is 0 Å². The number of hydrogen-bond acceptors (Lipinski definition) is 6. The van der Waals surface area contributed by atoms with Gasteiger partial charge in [0.15, 0.2) is 5.82 Å². The molecule has 0 spiro atoms. The zero-order valence-electron chi connectivity index (χ0n) is 19.5. The molecular weight excluding hydrogens is 482 g/mol. The van der Waals surface area contributed by atoms with Crippen LogP contribution < -0.4 is 5.73 Å². The molecule has 1 unspecified atom stereocenters. The number of nitrogens with zero attached hydrogens (tertiary/aromatic N) is 5. The number of rotatable bonds is 3. The lowest BCUT2D eigenvalue weighted by molar-refractivity contribution is -0.130. The Kier molecular flexibility index (Phi) is 5.26. The predicted octanol–water partition coefficient (Wildman–Crippen LogP) is 4.49. The van der Waals surface area contributed by atoms with Gasteiger partial charge in [0, 0.05) is 12.5 Å². The number of fused-ring (bicyclic) bond motifs is 4. The summed E-state index contributed by atoms with van der Waals surface area (Å²) in [6, 6.07) is 1.23. The molecule has 3 aromatic heterocycles. The van der Waals surface area contributed by atoms with E-state index in [9.17, 15) is 9.18 Å². The van der Waals surface area contributed by atoms with Gasteiger partial charge in [0.2, 0.25) is 5.91 Å². The minimum Gasteiger partial charge on any atom is -0.383 e. The van der Waals surface area contributed by atoms with Crippen molar-refractivity contribution in [2.75, 3.05) is 5.73 Å². The van der Waals surface area contributed by atoms with Crippen LogP contribution in [0.2, 0.25) is 0 Å². The summed E-state index contributed by atoms with van der Waals surface area (Å²) in [5, 5.41) is 1.35. The Bertz CT molecular complexity index is 1640. The second-order valence-corrected chi connectivity index (χ2v) is 10.2. The third kappa shape index (κ3) is 3.45. The zero-order chi connectivity index (χ0) is 25.1. The lowest BCUT2D eigenvalue weighted by atomic mass is 10.1. The largest absolute Gasteiger partial charge is 0.383 e. The third-order valence-corrected chi connectivity index (χ3v) is 8.06. The molecule has 4 aromatic rings. The van der Waals surface area contributed by atoms with Gasteiger partial charge in [0.05, 0.1) is 44.5 Å². The maximum atomic E-state index is 15.4. The zero-order valence-corrected chi connectivity index (χ0v) is 20.3. The maximum absolute atomic E-state index is 15.4. The molecule has 1 atom stereocenters. The van der Waals surface area contributed by atoms with Crippen molar-refractivity contribution in [3.05, 3.63) is 58.5 Å². The first-order chi connectivity index (χ1) is 17.4. The number of hydrogen-bond donors (Lipinski definition) is 1. The molecule has 0 radical (unpaired) electrons. The van der Waals surface area contributed by atoms with Crippen LogP contribution in [-0.4, -0.2) is 36.4 Å². The van der Waals surface area contributed by atoms with Crippen LogP contribution in [-0.2, 0) is 17.9 Å². The van der Waals surface area contributed by atoms with Gasteiger partial charge in [-0.3, -0.25) is 4.79 Å². The fraction of sp³-hybridized carbons (Fsp3) is 0.308. The topological polar surface area (TPSA) is 89.9 Å². The van der Waals surface area contributed by atoms with E-state index in [2.05, 4.69) is 33.4 Å². The summed E-state index contributed by atoms with van der Waals surface area (Å²) in [7, 11) is 0. The Morgan fingerprint density at radius 2 is 2.08 bits per heavy atom. The number of anilines is 1. The first-order valence-electron chi connectivity index (χ1n) is 11.8. The number of nitrogens with two attached hydrogens (primary N) is 1. The Labute approximate surface area is 209 Å². The van der Waals surface area contributed by atoms with E-state index in [1.807, 2.05) is 11.5 Å². The highest BCUT2D eigenvalue weighted by Gasteiger charge is 2.32. The second-order valence-electron chi connectivity index (χ2n) is 9.09. The first kappa shape index (κ1) is 22.6. The van der Waals surface area contributed by atoms with Crippen molar-refractivity contribution in [3.63, 3.8) is 0 Å². The van der Waals surface area contributed by atoms with Crippen LogP contribution >= 0.6 is 11.3 Å². The van der Waals surface area contributed by atoms with Crippen LogP contribution in [0.4, 0.5) is 14.6 Å². The summed E-state index contributed by atoms with van der Waals surface area (Å²) in [6.45, 7) is 6.35. The molecule has 1 fully saturated rings. The van der Waals surface area contributed by atoms with E-state index in [0.717, 1.165) is 24.3 Å². The van der Waals surface area contributed by atoms with Gasteiger partial charge >= 0.3 is 0 Å². The summed E-state index contributed by atoms with van der Waals surface area (Å²) < 4.78 is 32.8. The number of carbonyl (C=O) groups excluding carboxylic acids is 1. The van der Waals surface area contributed by atoms with Gasteiger partial charge in [0.25, 0.3) is 0 Å². The van der Waals surface area contributed by atoms with Crippen LogP contribution in [0.25, 0.3) is 21.3 Å². The SMILES string of the molecule is C=CC(=O)N1Cc2c(C#Cc3c(F)cc4sc(C5CC5)nc4c3F)c3c(N)ncnc3n2CC1CC. The molecule has 0 bridgehead atoms. The number of benzene rings is 1. The minimum absolute atomic E-state index is 0.0711. The van der Waals surface area contributed by atoms with Crippen LogP contribution in [0.5, 0.6) is 0 Å². The molecule has 6 rings (SSSR count). The first-order valence-corrected chi connectivity index (χ1v) is 12.6. The van der Waals surface area contributed by atoms with E-state index >= 15 is 4.39 Å². The molecule has 1 aromatic carbocycles. The smallest absolute Gasteiger partial charge is 0.246 e.